The van der Waals surface area contributed by atoms with E-state index in [9.17, 15) is 4.79 Å². The molecule has 0 fully saturated rings. The quantitative estimate of drug-likeness (QED) is 0.499. The number of methoxy groups -OCH3 is 1. The Balaban J connectivity index is 1.56. The molecule has 0 bridgehead atoms. The van der Waals surface area contributed by atoms with E-state index >= 15 is 0 Å². The number of aromatic nitrogens is 5. The van der Waals surface area contributed by atoms with E-state index in [1.54, 1.807) is 20.2 Å². The molecule has 0 saturated carbocycles. The van der Waals surface area contributed by atoms with Crippen LogP contribution in [-0.2, 0) is 13.7 Å². The van der Waals surface area contributed by atoms with Gasteiger partial charge in [0.05, 0.1) is 18.5 Å². The van der Waals surface area contributed by atoms with Crippen molar-refractivity contribution in [3.8, 4) is 27.9 Å². The minimum atomic E-state index is -0.319. The molecule has 9 heteroatoms. The number of para-hydroxylation sites is 2. The minimum absolute atomic E-state index is 0.248. The fourth-order valence-electron chi connectivity index (χ4n) is 2.75. The van der Waals surface area contributed by atoms with Gasteiger partial charge in [0.2, 0.25) is 0 Å². The summed E-state index contributed by atoms with van der Waals surface area (Å²) in [7, 11) is 3.19. The van der Waals surface area contributed by atoms with E-state index in [0.29, 0.717) is 10.9 Å². The Morgan fingerprint density at radius 3 is 2.64 bits per heavy atom. The van der Waals surface area contributed by atoms with Crippen LogP contribution in [0.3, 0.4) is 0 Å². The zero-order chi connectivity index (χ0) is 19.5. The molecule has 2 heterocycles. The van der Waals surface area contributed by atoms with Gasteiger partial charge in [-0.2, -0.15) is 9.36 Å². The van der Waals surface area contributed by atoms with Gasteiger partial charge in [0.1, 0.15) is 12.4 Å². The number of tetrazole rings is 1. The van der Waals surface area contributed by atoms with Gasteiger partial charge in [-0.15, -0.1) is 0 Å². The van der Waals surface area contributed by atoms with E-state index in [0.717, 1.165) is 22.6 Å². The molecule has 2 aromatic heterocycles. The maximum atomic E-state index is 12.2. The molecule has 0 amide bonds. The lowest BCUT2D eigenvalue weighted by molar-refractivity contribution is 0.304. The highest BCUT2D eigenvalue weighted by Crippen LogP contribution is 2.33. The van der Waals surface area contributed by atoms with Crippen LogP contribution in [0.25, 0.3) is 16.9 Å². The zero-order valence-electron chi connectivity index (χ0n) is 15.3. The Morgan fingerprint density at radius 2 is 1.86 bits per heavy atom. The summed E-state index contributed by atoms with van der Waals surface area (Å²) in [5, 5.41) is 10.1. The van der Waals surface area contributed by atoms with Crippen LogP contribution in [0.1, 0.15) is 5.56 Å². The molecule has 0 atom stereocenters. The molecule has 4 rings (SSSR count). The maximum absolute atomic E-state index is 12.2. The van der Waals surface area contributed by atoms with Crippen LogP contribution in [0.4, 0.5) is 0 Å². The largest absolute Gasteiger partial charge is 0.496 e. The molecule has 0 aliphatic carbocycles. The second-order valence-corrected chi connectivity index (χ2v) is 6.73. The highest BCUT2D eigenvalue weighted by Gasteiger charge is 2.13. The number of benzene rings is 2. The van der Waals surface area contributed by atoms with Crippen LogP contribution in [0.15, 0.2) is 58.7 Å². The lowest BCUT2D eigenvalue weighted by atomic mass is 10.1. The van der Waals surface area contributed by atoms with Gasteiger partial charge in [0, 0.05) is 23.6 Å². The van der Waals surface area contributed by atoms with Crippen molar-refractivity contribution in [2.75, 3.05) is 7.11 Å². The van der Waals surface area contributed by atoms with E-state index in [4.69, 9.17) is 9.47 Å². The van der Waals surface area contributed by atoms with Crippen LogP contribution in [0.2, 0.25) is 0 Å². The Kier molecular flexibility index (Phi) is 4.90. The highest BCUT2D eigenvalue weighted by atomic mass is 32.1. The number of thiazole rings is 1. The summed E-state index contributed by atoms with van der Waals surface area (Å²) in [5.41, 5.74) is 2.81. The van der Waals surface area contributed by atoms with Gasteiger partial charge in [0.15, 0.2) is 0 Å². The number of hydrogen-bond acceptors (Lipinski definition) is 7. The fourth-order valence-corrected chi connectivity index (χ4v) is 3.42. The Labute approximate surface area is 164 Å². The number of ether oxygens (including phenoxy) is 2. The predicted molar refractivity (Wildman–Crippen MR) is 105 cm³/mol. The minimum Gasteiger partial charge on any atom is -0.496 e. The molecule has 0 spiro atoms. The summed E-state index contributed by atoms with van der Waals surface area (Å²) in [6, 6.07) is 15.1. The molecule has 28 heavy (non-hydrogen) atoms. The third-order valence-electron chi connectivity index (χ3n) is 4.16. The van der Waals surface area contributed by atoms with Crippen LogP contribution >= 0.6 is 11.3 Å². The van der Waals surface area contributed by atoms with Gasteiger partial charge in [-0.05, 0) is 28.6 Å². The number of nitrogens with zero attached hydrogens (tertiary/aromatic N) is 5. The van der Waals surface area contributed by atoms with Crippen molar-refractivity contribution in [1.82, 2.24) is 24.8 Å². The van der Waals surface area contributed by atoms with Crippen molar-refractivity contribution >= 4 is 11.3 Å². The average molecular weight is 395 g/mol. The monoisotopic (exact) mass is 395 g/mol. The highest BCUT2D eigenvalue weighted by molar-refractivity contribution is 7.11. The molecule has 0 radical (unpaired) electrons. The summed E-state index contributed by atoms with van der Waals surface area (Å²) in [4.78, 5) is 16.7. The smallest absolute Gasteiger partial charge is 0.368 e. The Bertz CT molecular complexity index is 1160. The fraction of sp³-hybridized carbons (Fsp3) is 0.158. The van der Waals surface area contributed by atoms with Crippen LogP contribution in [-0.4, -0.2) is 31.9 Å². The van der Waals surface area contributed by atoms with Crippen molar-refractivity contribution in [2.45, 2.75) is 6.61 Å². The average Bonchev–Trinajstić information content (AvgIpc) is 3.34. The van der Waals surface area contributed by atoms with E-state index in [2.05, 4.69) is 15.4 Å². The van der Waals surface area contributed by atoms with Crippen LogP contribution < -0.4 is 15.2 Å². The molecule has 0 aliphatic heterocycles. The number of rotatable bonds is 6. The third kappa shape index (κ3) is 3.39. The van der Waals surface area contributed by atoms with Gasteiger partial charge in [-0.1, -0.05) is 41.7 Å². The van der Waals surface area contributed by atoms with Crippen molar-refractivity contribution in [3.05, 3.63) is 70.0 Å². The molecule has 8 nitrogen and oxygen atoms in total. The molecule has 4 aromatic rings. The van der Waals surface area contributed by atoms with Crippen molar-refractivity contribution in [3.63, 3.8) is 0 Å². The van der Waals surface area contributed by atoms with Gasteiger partial charge in [-0.3, -0.25) is 0 Å². The summed E-state index contributed by atoms with van der Waals surface area (Å²) in [5.74, 6) is 0.756. The zero-order valence-corrected chi connectivity index (χ0v) is 16.1. The maximum Gasteiger partial charge on any atom is 0.368 e. The Hall–Kier alpha value is -3.46. The van der Waals surface area contributed by atoms with E-state index in [1.165, 1.54) is 20.7 Å². The second-order valence-electron chi connectivity index (χ2n) is 5.91. The summed E-state index contributed by atoms with van der Waals surface area (Å²) in [6.45, 7) is 0.248. The lowest BCUT2D eigenvalue weighted by Gasteiger charge is -2.08. The predicted octanol–water partition coefficient (Wildman–Crippen LogP) is 2.68. The van der Waals surface area contributed by atoms with Gasteiger partial charge in [-0.25, -0.2) is 9.78 Å². The molecule has 0 saturated heterocycles. The first-order valence-electron chi connectivity index (χ1n) is 8.46. The summed E-state index contributed by atoms with van der Waals surface area (Å²) < 4.78 is 13.7. The van der Waals surface area contributed by atoms with Gasteiger partial charge in [0.25, 0.3) is 5.19 Å². The molecular weight excluding hydrogens is 378 g/mol. The van der Waals surface area contributed by atoms with Crippen LogP contribution in [0, 0.1) is 0 Å². The normalized spacial score (nSPS) is 10.8. The van der Waals surface area contributed by atoms with Gasteiger partial charge < -0.3 is 9.47 Å². The molecule has 0 N–H and O–H groups in total. The topological polar surface area (TPSA) is 84.1 Å². The first-order chi connectivity index (χ1) is 13.7. The first-order valence-corrected chi connectivity index (χ1v) is 9.34. The van der Waals surface area contributed by atoms with Crippen molar-refractivity contribution in [2.24, 2.45) is 7.05 Å². The van der Waals surface area contributed by atoms with Crippen LogP contribution in [0.5, 0.6) is 10.9 Å². The second kappa shape index (κ2) is 7.65. The molecule has 2 aromatic carbocycles. The number of hydrogen-bond donors (Lipinski definition) is 0. The number of aryl methyl sites for hydroxylation is 1. The lowest BCUT2D eigenvalue weighted by Crippen LogP contribution is -2.23. The molecular formula is C19H17N5O3S. The molecule has 0 unspecified atom stereocenters. The van der Waals surface area contributed by atoms with E-state index < -0.39 is 0 Å². The van der Waals surface area contributed by atoms with Gasteiger partial charge >= 0.3 is 5.69 Å². The van der Waals surface area contributed by atoms with E-state index in [1.807, 2.05) is 47.8 Å². The summed E-state index contributed by atoms with van der Waals surface area (Å²) in [6.07, 6.45) is 0. The van der Waals surface area contributed by atoms with Crippen molar-refractivity contribution in [1.29, 1.82) is 0 Å². The Morgan fingerprint density at radius 1 is 1.07 bits per heavy atom. The molecule has 142 valence electrons. The van der Waals surface area contributed by atoms with Crippen molar-refractivity contribution < 1.29 is 9.47 Å². The van der Waals surface area contributed by atoms with E-state index in [-0.39, 0.29) is 12.3 Å². The standard InChI is InChI=1S/C19H17N5O3S/c1-23-19(25)24(22-21-23)16-9-5-3-7-13(16)11-27-18-20-15(12-28-18)14-8-4-6-10-17(14)26-2/h3-10,12H,11H2,1-2H3. The summed E-state index contributed by atoms with van der Waals surface area (Å²) >= 11 is 1.40. The third-order valence-corrected chi connectivity index (χ3v) is 4.91. The molecule has 0 aliphatic rings. The first kappa shape index (κ1) is 17.9. The SMILES string of the molecule is COc1ccccc1-c1csc(OCc2ccccc2-n2nnn(C)c2=O)n1.